The summed E-state index contributed by atoms with van der Waals surface area (Å²) in [5.41, 5.74) is 2.07. The molecule has 29 heavy (non-hydrogen) atoms. The quantitative estimate of drug-likeness (QED) is 0.567. The second-order valence-corrected chi connectivity index (χ2v) is 8.68. The predicted octanol–water partition coefficient (Wildman–Crippen LogP) is 4.34. The molecule has 0 bridgehead atoms. The van der Waals surface area contributed by atoms with E-state index in [2.05, 4.69) is 4.98 Å². The van der Waals surface area contributed by atoms with Crippen LogP contribution in [0.2, 0.25) is 0 Å². The Kier molecular flexibility index (Phi) is 6.81. The zero-order valence-corrected chi connectivity index (χ0v) is 18.2. The van der Waals surface area contributed by atoms with Gasteiger partial charge in [0.05, 0.1) is 13.2 Å². The van der Waals surface area contributed by atoms with Crippen LogP contribution < -0.4 is 0 Å². The number of Topliss-reactive ketones (excluding diaryl/α,β-unsaturated/α-hetero) is 1. The van der Waals surface area contributed by atoms with Gasteiger partial charge in [-0.15, -0.1) is 0 Å². The number of esters is 1. The number of aromatic amines is 1. The maximum Gasteiger partial charge on any atom is 0.354 e. The van der Waals surface area contributed by atoms with E-state index in [1.54, 1.807) is 13.8 Å². The molecule has 0 unspecified atom stereocenters. The van der Waals surface area contributed by atoms with Crippen molar-refractivity contribution in [3.8, 4) is 0 Å². The van der Waals surface area contributed by atoms with Crippen molar-refractivity contribution in [3.63, 3.8) is 0 Å². The Labute approximate surface area is 173 Å². The number of rotatable bonds is 6. The van der Waals surface area contributed by atoms with Crippen LogP contribution in [0, 0.1) is 19.8 Å². The Morgan fingerprint density at radius 2 is 1.59 bits per heavy atom. The zero-order chi connectivity index (χ0) is 21.1. The number of ketones is 1. The van der Waals surface area contributed by atoms with Gasteiger partial charge in [0.2, 0.25) is 5.91 Å². The predicted molar refractivity (Wildman–Crippen MR) is 111 cm³/mol. The van der Waals surface area contributed by atoms with Crippen molar-refractivity contribution in [3.05, 3.63) is 22.5 Å². The molecule has 6 nitrogen and oxygen atoms in total. The Bertz CT molecular complexity index is 770. The van der Waals surface area contributed by atoms with E-state index in [0.717, 1.165) is 51.4 Å². The van der Waals surface area contributed by atoms with Crippen LogP contribution in [-0.2, 0) is 9.53 Å². The molecule has 1 aromatic heterocycles. The van der Waals surface area contributed by atoms with E-state index in [-0.39, 0.29) is 23.7 Å². The Hall–Kier alpha value is -2.11. The van der Waals surface area contributed by atoms with E-state index < -0.39 is 12.0 Å². The average Bonchev–Trinajstić information content (AvgIpc) is 3.36. The number of aromatic nitrogens is 1. The molecule has 2 fully saturated rings. The fraction of sp³-hybridized carbons (Fsp3) is 0.696. The third kappa shape index (κ3) is 4.26. The first kappa shape index (κ1) is 21.6. The maximum absolute atomic E-state index is 13.5. The number of ether oxygens (including phenoxy) is 1. The summed E-state index contributed by atoms with van der Waals surface area (Å²) in [6.45, 7) is 5.41. The van der Waals surface area contributed by atoms with E-state index in [1.165, 1.54) is 13.5 Å². The van der Waals surface area contributed by atoms with Crippen LogP contribution >= 0.6 is 0 Å². The highest BCUT2D eigenvalue weighted by molar-refractivity contribution is 6.06. The van der Waals surface area contributed by atoms with Gasteiger partial charge in [-0.25, -0.2) is 4.79 Å². The van der Waals surface area contributed by atoms with Crippen LogP contribution in [0.3, 0.4) is 0 Å². The largest absolute Gasteiger partial charge is 0.464 e. The number of carbonyl (C=O) groups is 3. The molecule has 6 heteroatoms. The Morgan fingerprint density at radius 1 is 1.00 bits per heavy atom. The highest BCUT2D eigenvalue weighted by atomic mass is 16.5. The smallest absolute Gasteiger partial charge is 0.354 e. The van der Waals surface area contributed by atoms with Crippen LogP contribution in [0.5, 0.6) is 0 Å². The second-order valence-electron chi connectivity index (χ2n) is 8.68. The van der Waals surface area contributed by atoms with Gasteiger partial charge < -0.3 is 14.6 Å². The molecule has 1 N–H and O–H groups in total. The molecule has 1 aromatic rings. The first-order valence-corrected chi connectivity index (χ1v) is 11.0. The lowest BCUT2D eigenvalue weighted by Crippen LogP contribution is -2.52. The van der Waals surface area contributed by atoms with Gasteiger partial charge in [0.15, 0.2) is 5.78 Å². The van der Waals surface area contributed by atoms with Gasteiger partial charge in [-0.05, 0) is 52.0 Å². The standard InChI is InChI=1S/C23H34N2O4/c1-14-19(15(2)24-20(14)23(28)29-4)21(26)16(3)25(18-12-6-5-7-13-18)22(27)17-10-8-9-11-17/h16-18,24H,5-13H2,1-4H3/t16-/m1/s1. The molecule has 1 heterocycles. The lowest BCUT2D eigenvalue weighted by atomic mass is 9.90. The summed E-state index contributed by atoms with van der Waals surface area (Å²) in [5.74, 6) is -0.382. The lowest BCUT2D eigenvalue weighted by molar-refractivity contribution is -0.140. The average molecular weight is 403 g/mol. The van der Waals surface area contributed by atoms with Crippen LogP contribution in [0.15, 0.2) is 0 Å². The molecular formula is C23H34N2O4. The zero-order valence-electron chi connectivity index (χ0n) is 18.2. The fourth-order valence-corrected chi connectivity index (χ4v) is 5.19. The van der Waals surface area contributed by atoms with E-state index in [9.17, 15) is 14.4 Å². The molecule has 0 radical (unpaired) electrons. The summed E-state index contributed by atoms with van der Waals surface area (Å²) in [5, 5.41) is 0. The first-order chi connectivity index (χ1) is 13.9. The van der Waals surface area contributed by atoms with Gasteiger partial charge in [-0.3, -0.25) is 9.59 Å². The van der Waals surface area contributed by atoms with Crippen molar-refractivity contribution in [1.29, 1.82) is 0 Å². The number of nitrogens with zero attached hydrogens (tertiary/aromatic N) is 1. The minimum absolute atomic E-state index is 0.0474. The number of hydrogen-bond donors (Lipinski definition) is 1. The van der Waals surface area contributed by atoms with E-state index >= 15 is 0 Å². The van der Waals surface area contributed by atoms with Crippen molar-refractivity contribution in [1.82, 2.24) is 9.88 Å². The summed E-state index contributed by atoms with van der Waals surface area (Å²) < 4.78 is 4.83. The van der Waals surface area contributed by atoms with Crippen LogP contribution in [0.1, 0.15) is 96.8 Å². The first-order valence-electron chi connectivity index (χ1n) is 11.0. The molecule has 0 aromatic carbocycles. The third-order valence-corrected chi connectivity index (χ3v) is 6.80. The second kappa shape index (κ2) is 9.14. The number of aryl methyl sites for hydroxylation is 1. The molecule has 2 aliphatic carbocycles. The van der Waals surface area contributed by atoms with Crippen LogP contribution in [0.4, 0.5) is 0 Å². The van der Waals surface area contributed by atoms with Crippen molar-refractivity contribution in [2.45, 2.75) is 90.6 Å². The highest BCUT2D eigenvalue weighted by Gasteiger charge is 2.38. The minimum atomic E-state index is -0.537. The summed E-state index contributed by atoms with van der Waals surface area (Å²) in [6.07, 6.45) is 9.39. The molecule has 1 atom stereocenters. The number of hydrogen-bond acceptors (Lipinski definition) is 4. The topological polar surface area (TPSA) is 79.5 Å². The summed E-state index contributed by atoms with van der Waals surface area (Å²) in [4.78, 5) is 43.9. The van der Waals surface area contributed by atoms with Gasteiger partial charge in [0.25, 0.3) is 0 Å². The van der Waals surface area contributed by atoms with Gasteiger partial charge in [-0.1, -0.05) is 32.1 Å². The minimum Gasteiger partial charge on any atom is -0.464 e. The fourth-order valence-electron chi connectivity index (χ4n) is 5.19. The number of nitrogens with one attached hydrogen (secondary N) is 1. The molecule has 3 rings (SSSR count). The summed E-state index contributed by atoms with van der Waals surface area (Å²) in [6, 6.07) is -0.402. The normalized spacial score (nSPS) is 19.2. The Morgan fingerprint density at radius 3 is 2.17 bits per heavy atom. The molecular weight excluding hydrogens is 368 g/mol. The number of amides is 1. The molecule has 0 aliphatic heterocycles. The van der Waals surface area contributed by atoms with E-state index in [1.807, 2.05) is 11.8 Å². The number of carbonyl (C=O) groups excluding carboxylic acids is 3. The molecule has 1 amide bonds. The van der Waals surface area contributed by atoms with Crippen LogP contribution in [-0.4, -0.2) is 46.7 Å². The maximum atomic E-state index is 13.5. The summed E-state index contributed by atoms with van der Waals surface area (Å²) >= 11 is 0. The molecule has 0 saturated heterocycles. The van der Waals surface area contributed by atoms with Gasteiger partial charge in [-0.2, -0.15) is 0 Å². The molecule has 2 saturated carbocycles. The van der Waals surface area contributed by atoms with Crippen molar-refractivity contribution in [2.24, 2.45) is 5.92 Å². The van der Waals surface area contributed by atoms with Gasteiger partial charge in [0, 0.05) is 23.2 Å². The van der Waals surface area contributed by atoms with Gasteiger partial charge in [0.1, 0.15) is 5.69 Å². The SMILES string of the molecule is COC(=O)c1[nH]c(C)c(C(=O)[C@@H](C)N(C(=O)C2CCCC2)C2CCCCC2)c1C. The molecule has 160 valence electrons. The Balaban J connectivity index is 1.91. The van der Waals surface area contributed by atoms with Crippen LogP contribution in [0.25, 0.3) is 0 Å². The van der Waals surface area contributed by atoms with Gasteiger partial charge >= 0.3 is 5.97 Å². The monoisotopic (exact) mass is 402 g/mol. The summed E-state index contributed by atoms with van der Waals surface area (Å²) in [7, 11) is 1.33. The van der Waals surface area contributed by atoms with Crippen molar-refractivity contribution < 1.29 is 19.1 Å². The van der Waals surface area contributed by atoms with Crippen molar-refractivity contribution in [2.75, 3.05) is 7.11 Å². The number of H-pyrrole nitrogens is 1. The van der Waals surface area contributed by atoms with Crippen molar-refractivity contribution >= 4 is 17.7 Å². The highest BCUT2D eigenvalue weighted by Crippen LogP contribution is 2.33. The number of methoxy groups -OCH3 is 1. The molecule has 2 aliphatic rings. The van der Waals surface area contributed by atoms with E-state index in [0.29, 0.717) is 22.5 Å². The molecule has 0 spiro atoms. The van der Waals surface area contributed by atoms with E-state index in [4.69, 9.17) is 4.74 Å². The lowest BCUT2D eigenvalue weighted by Gasteiger charge is -2.39. The third-order valence-electron chi connectivity index (χ3n) is 6.80.